The van der Waals surface area contributed by atoms with Crippen LogP contribution in [-0.4, -0.2) is 22.5 Å². The number of fused-ring (bicyclic) bond motifs is 2. The molecule has 1 aromatic heterocycles. The quantitative estimate of drug-likeness (QED) is 0.684. The second kappa shape index (κ2) is 6.81. The van der Waals surface area contributed by atoms with E-state index < -0.39 is 23.6 Å². The number of nitrogens with zero attached hydrogens (tertiary/aromatic N) is 1. The predicted molar refractivity (Wildman–Crippen MR) is 96.2 cm³/mol. The number of halogens is 1. The lowest BCUT2D eigenvalue weighted by atomic mass is 10.2. The molecule has 8 nitrogen and oxygen atoms in total. The van der Waals surface area contributed by atoms with Crippen LogP contribution in [0, 0.1) is 0 Å². The lowest BCUT2D eigenvalue weighted by Gasteiger charge is -2.09. The standard InChI is InChI=1S/C18H13ClN2O6/c19-13-5-10(6-14-16(13)27-9-26-14)8-25-15(22)7-21-18(24)12-4-2-1-3-11(12)17(23)20-21/h1-6H,7-9H2,(H,20,23). The minimum absolute atomic E-state index is 0.0677. The van der Waals surface area contributed by atoms with Gasteiger partial charge in [-0.3, -0.25) is 19.5 Å². The molecule has 3 aromatic rings. The molecule has 0 saturated heterocycles. The number of benzene rings is 2. The van der Waals surface area contributed by atoms with Crippen LogP contribution in [0.4, 0.5) is 0 Å². The normalized spacial score (nSPS) is 12.3. The van der Waals surface area contributed by atoms with Crippen LogP contribution >= 0.6 is 11.6 Å². The van der Waals surface area contributed by atoms with Gasteiger partial charge in [0.2, 0.25) is 6.79 Å². The Labute approximate surface area is 156 Å². The Balaban J connectivity index is 1.50. The summed E-state index contributed by atoms with van der Waals surface area (Å²) in [4.78, 5) is 36.6. The SMILES string of the molecule is O=C(Cn1[nH]c(=O)c2ccccc2c1=O)OCc1cc(Cl)c2c(c1)OCO2. The highest BCUT2D eigenvalue weighted by atomic mass is 35.5. The molecule has 0 spiro atoms. The van der Waals surface area contributed by atoms with Crippen molar-refractivity contribution in [3.05, 3.63) is 67.7 Å². The largest absolute Gasteiger partial charge is 0.459 e. The van der Waals surface area contributed by atoms with E-state index in [4.69, 9.17) is 25.8 Å². The molecular formula is C18H13ClN2O6. The Kier molecular flexibility index (Phi) is 4.33. The van der Waals surface area contributed by atoms with Crippen molar-refractivity contribution in [2.45, 2.75) is 13.2 Å². The first-order valence-corrected chi connectivity index (χ1v) is 8.36. The van der Waals surface area contributed by atoms with Gasteiger partial charge in [0.05, 0.1) is 15.8 Å². The summed E-state index contributed by atoms with van der Waals surface area (Å²) in [6, 6.07) is 9.64. The van der Waals surface area contributed by atoms with Crippen LogP contribution in [0.2, 0.25) is 5.02 Å². The summed E-state index contributed by atoms with van der Waals surface area (Å²) in [7, 11) is 0. The molecule has 0 saturated carbocycles. The van der Waals surface area contributed by atoms with Crippen LogP contribution in [0.15, 0.2) is 46.0 Å². The number of esters is 1. The fourth-order valence-corrected chi connectivity index (χ4v) is 3.09. The number of rotatable bonds is 4. The van der Waals surface area contributed by atoms with Gasteiger partial charge in [-0.1, -0.05) is 23.7 Å². The van der Waals surface area contributed by atoms with E-state index in [9.17, 15) is 14.4 Å². The maximum atomic E-state index is 12.4. The van der Waals surface area contributed by atoms with Crippen LogP contribution in [0.25, 0.3) is 10.8 Å². The van der Waals surface area contributed by atoms with Gasteiger partial charge in [-0.2, -0.15) is 0 Å². The summed E-state index contributed by atoms with van der Waals surface area (Å²) in [5, 5.41) is 3.23. The molecule has 0 aliphatic carbocycles. The monoisotopic (exact) mass is 388 g/mol. The Morgan fingerprint density at radius 1 is 1.19 bits per heavy atom. The zero-order valence-electron chi connectivity index (χ0n) is 13.9. The molecule has 0 amide bonds. The topological polar surface area (TPSA) is 99.6 Å². The van der Waals surface area contributed by atoms with Crippen molar-refractivity contribution in [2.24, 2.45) is 0 Å². The highest BCUT2D eigenvalue weighted by Crippen LogP contribution is 2.39. The fraction of sp³-hybridized carbons (Fsp3) is 0.167. The van der Waals surface area contributed by atoms with Crippen LogP contribution in [0.1, 0.15) is 5.56 Å². The predicted octanol–water partition coefficient (Wildman–Crippen LogP) is 1.82. The Morgan fingerprint density at radius 2 is 1.96 bits per heavy atom. The van der Waals surface area contributed by atoms with E-state index in [1.54, 1.807) is 30.3 Å². The Bertz CT molecular complexity index is 1170. The van der Waals surface area contributed by atoms with Crippen LogP contribution in [0.5, 0.6) is 11.5 Å². The second-order valence-corrected chi connectivity index (χ2v) is 6.26. The van der Waals surface area contributed by atoms with Crippen LogP contribution in [0.3, 0.4) is 0 Å². The number of carbonyl (C=O) groups excluding carboxylic acids is 1. The van der Waals surface area contributed by atoms with E-state index in [0.29, 0.717) is 22.1 Å². The van der Waals surface area contributed by atoms with Gasteiger partial charge in [-0.15, -0.1) is 0 Å². The fourth-order valence-electron chi connectivity index (χ4n) is 2.80. The summed E-state index contributed by atoms with van der Waals surface area (Å²) >= 11 is 6.08. The molecule has 2 aromatic carbocycles. The minimum Gasteiger partial charge on any atom is -0.459 e. The molecule has 1 aliphatic rings. The highest BCUT2D eigenvalue weighted by molar-refractivity contribution is 6.32. The van der Waals surface area contributed by atoms with E-state index >= 15 is 0 Å². The summed E-state index contributed by atoms with van der Waals surface area (Å²) < 4.78 is 16.6. The molecule has 0 fully saturated rings. The van der Waals surface area contributed by atoms with Gasteiger partial charge in [0.15, 0.2) is 11.5 Å². The zero-order valence-corrected chi connectivity index (χ0v) is 14.6. The number of aromatic amines is 1. The first kappa shape index (κ1) is 17.2. The van der Waals surface area contributed by atoms with E-state index in [-0.39, 0.29) is 24.2 Å². The summed E-state index contributed by atoms with van der Waals surface area (Å²) in [5.41, 5.74) is -0.328. The molecule has 2 heterocycles. The lowest BCUT2D eigenvalue weighted by Crippen LogP contribution is -2.32. The number of H-pyrrole nitrogens is 1. The van der Waals surface area contributed by atoms with Crippen molar-refractivity contribution >= 4 is 28.3 Å². The molecule has 27 heavy (non-hydrogen) atoms. The number of ether oxygens (including phenoxy) is 3. The van der Waals surface area contributed by atoms with Crippen molar-refractivity contribution in [1.29, 1.82) is 0 Å². The van der Waals surface area contributed by atoms with Crippen molar-refractivity contribution in [2.75, 3.05) is 6.79 Å². The maximum Gasteiger partial charge on any atom is 0.328 e. The van der Waals surface area contributed by atoms with E-state index in [1.165, 1.54) is 6.07 Å². The third kappa shape index (κ3) is 3.26. The number of nitrogens with one attached hydrogen (secondary N) is 1. The Hall–Kier alpha value is -3.26. The molecule has 1 aliphatic heterocycles. The van der Waals surface area contributed by atoms with E-state index in [0.717, 1.165) is 4.68 Å². The van der Waals surface area contributed by atoms with E-state index in [1.807, 2.05) is 0 Å². The number of hydrogen-bond acceptors (Lipinski definition) is 6. The number of hydrogen-bond donors (Lipinski definition) is 1. The summed E-state index contributed by atoms with van der Waals surface area (Å²) in [6.07, 6.45) is 0. The molecule has 0 radical (unpaired) electrons. The van der Waals surface area contributed by atoms with Crippen molar-refractivity contribution in [1.82, 2.24) is 9.78 Å². The number of carbonyl (C=O) groups is 1. The average molecular weight is 389 g/mol. The van der Waals surface area contributed by atoms with Gasteiger partial charge in [0.25, 0.3) is 11.1 Å². The summed E-state index contributed by atoms with van der Waals surface area (Å²) in [5.74, 6) is 0.243. The lowest BCUT2D eigenvalue weighted by molar-refractivity contribution is -0.146. The van der Waals surface area contributed by atoms with E-state index in [2.05, 4.69) is 5.10 Å². The minimum atomic E-state index is -0.683. The Morgan fingerprint density at radius 3 is 2.78 bits per heavy atom. The highest BCUT2D eigenvalue weighted by Gasteiger charge is 2.19. The van der Waals surface area contributed by atoms with Crippen LogP contribution in [-0.2, 0) is 22.7 Å². The molecular weight excluding hydrogens is 376 g/mol. The maximum absolute atomic E-state index is 12.4. The molecule has 0 atom stereocenters. The van der Waals surface area contributed by atoms with Gasteiger partial charge in [-0.05, 0) is 29.8 Å². The van der Waals surface area contributed by atoms with Crippen LogP contribution < -0.4 is 20.6 Å². The van der Waals surface area contributed by atoms with Gasteiger partial charge < -0.3 is 14.2 Å². The second-order valence-electron chi connectivity index (χ2n) is 5.85. The third-order valence-electron chi connectivity index (χ3n) is 4.06. The smallest absolute Gasteiger partial charge is 0.328 e. The van der Waals surface area contributed by atoms with Gasteiger partial charge in [0.1, 0.15) is 13.2 Å². The first-order valence-electron chi connectivity index (χ1n) is 7.98. The molecule has 138 valence electrons. The van der Waals surface area contributed by atoms with Gasteiger partial charge in [-0.25, -0.2) is 4.68 Å². The summed E-state index contributed by atoms with van der Waals surface area (Å²) in [6.45, 7) is -0.407. The zero-order chi connectivity index (χ0) is 19.0. The third-order valence-corrected chi connectivity index (χ3v) is 4.34. The van der Waals surface area contributed by atoms with Crippen molar-refractivity contribution in [3.8, 4) is 11.5 Å². The van der Waals surface area contributed by atoms with Gasteiger partial charge >= 0.3 is 5.97 Å². The van der Waals surface area contributed by atoms with Gasteiger partial charge in [0, 0.05) is 0 Å². The van der Waals surface area contributed by atoms with Crippen molar-refractivity contribution < 1.29 is 19.0 Å². The molecule has 0 unspecified atom stereocenters. The molecule has 9 heteroatoms. The number of aromatic nitrogens is 2. The van der Waals surface area contributed by atoms with Crippen molar-refractivity contribution in [3.63, 3.8) is 0 Å². The first-order chi connectivity index (χ1) is 13.0. The molecule has 4 rings (SSSR count). The molecule has 0 bridgehead atoms. The molecule has 1 N–H and O–H groups in total. The average Bonchev–Trinajstić information content (AvgIpc) is 3.13.